The number of benzene rings is 3. The SMILES string of the molecule is [2H]C([2H])([2H])c1cnc(-c2cccc3c2oc2ccccc23)cc1-c1ccc(C([2H])(C(C)(C)C)C(C)(C)C)cc1C([2H])([2H])[2H]. The Balaban J connectivity index is 1.80. The highest BCUT2D eigenvalue weighted by atomic mass is 16.3. The molecule has 2 heteroatoms. The van der Waals surface area contributed by atoms with Crippen LogP contribution >= 0.6 is 0 Å². The van der Waals surface area contributed by atoms with Gasteiger partial charge >= 0.3 is 0 Å². The summed E-state index contributed by atoms with van der Waals surface area (Å²) >= 11 is 0. The lowest BCUT2D eigenvalue weighted by Gasteiger charge is -2.41. The summed E-state index contributed by atoms with van der Waals surface area (Å²) < 4.78 is 66.2. The van der Waals surface area contributed by atoms with E-state index in [1.165, 1.54) is 6.20 Å². The Morgan fingerprint density at radius 1 is 0.750 bits per heavy atom. The molecule has 0 N–H and O–H groups in total. The molecule has 36 heavy (non-hydrogen) atoms. The van der Waals surface area contributed by atoms with Crippen molar-refractivity contribution in [2.75, 3.05) is 0 Å². The summed E-state index contributed by atoms with van der Waals surface area (Å²) in [6.45, 7) is 6.76. The number of fused-ring (bicyclic) bond motifs is 3. The maximum atomic E-state index is 9.66. The van der Waals surface area contributed by atoms with Gasteiger partial charge in [0.1, 0.15) is 11.2 Å². The lowest BCUT2D eigenvalue weighted by atomic mass is 9.63. The van der Waals surface area contributed by atoms with Crippen LogP contribution in [0.2, 0.25) is 0 Å². The van der Waals surface area contributed by atoms with Gasteiger partial charge in [-0.3, -0.25) is 4.98 Å². The molecule has 0 aliphatic carbocycles. The quantitative estimate of drug-likeness (QED) is 0.256. The van der Waals surface area contributed by atoms with Crippen LogP contribution < -0.4 is 0 Å². The van der Waals surface area contributed by atoms with Crippen LogP contribution in [0, 0.1) is 24.5 Å². The Bertz CT molecular complexity index is 1820. The Labute approximate surface area is 225 Å². The monoisotopic (exact) mass is 482 g/mol. The van der Waals surface area contributed by atoms with E-state index in [1.54, 1.807) is 24.3 Å². The molecule has 2 heterocycles. The average Bonchev–Trinajstić information content (AvgIpc) is 3.28. The topological polar surface area (TPSA) is 26.0 Å². The molecule has 0 spiro atoms. The van der Waals surface area contributed by atoms with E-state index in [1.807, 2.05) is 84.0 Å². The highest BCUT2D eigenvalue weighted by Crippen LogP contribution is 2.48. The van der Waals surface area contributed by atoms with Crippen molar-refractivity contribution in [3.8, 4) is 22.4 Å². The van der Waals surface area contributed by atoms with Crippen LogP contribution in [0.5, 0.6) is 0 Å². The third kappa shape index (κ3) is 4.23. The van der Waals surface area contributed by atoms with Gasteiger partial charge in [0.15, 0.2) is 0 Å². The van der Waals surface area contributed by atoms with Crippen molar-refractivity contribution in [1.29, 1.82) is 0 Å². The third-order valence-electron chi connectivity index (χ3n) is 6.68. The van der Waals surface area contributed by atoms with E-state index < -0.39 is 30.4 Å². The van der Waals surface area contributed by atoms with Crippen molar-refractivity contribution in [3.05, 3.63) is 89.6 Å². The summed E-state index contributed by atoms with van der Waals surface area (Å²) in [5.41, 5.74) is 2.48. The summed E-state index contributed by atoms with van der Waals surface area (Å²) in [6, 6.07) is 20.1. The summed E-state index contributed by atoms with van der Waals surface area (Å²) in [6.07, 6.45) is 1.31. The number of pyridine rings is 1. The van der Waals surface area contributed by atoms with E-state index in [0.29, 0.717) is 22.4 Å². The number of rotatable bonds is 3. The zero-order chi connectivity index (χ0) is 31.8. The minimum absolute atomic E-state index is 0.000259. The van der Waals surface area contributed by atoms with Gasteiger partial charge in [0.2, 0.25) is 0 Å². The highest BCUT2D eigenvalue weighted by Gasteiger charge is 2.36. The maximum Gasteiger partial charge on any atom is 0.144 e. The van der Waals surface area contributed by atoms with Crippen LogP contribution in [0.1, 0.15) is 73.7 Å². The first-order valence-corrected chi connectivity index (χ1v) is 12.3. The molecule has 3 aromatic carbocycles. The average molecular weight is 483 g/mol. The maximum absolute atomic E-state index is 9.66. The first-order valence-electron chi connectivity index (χ1n) is 15.8. The minimum atomic E-state index is -2.57. The van der Waals surface area contributed by atoms with Gasteiger partial charge < -0.3 is 4.42 Å². The molecule has 0 bridgehead atoms. The molecule has 0 aliphatic heterocycles. The number of hydrogen-bond acceptors (Lipinski definition) is 2. The predicted octanol–water partition coefficient (Wildman–Crippen LogP) is 10.1. The van der Waals surface area contributed by atoms with Gasteiger partial charge in [-0.2, -0.15) is 0 Å². The van der Waals surface area contributed by atoms with Crippen molar-refractivity contribution in [3.63, 3.8) is 0 Å². The van der Waals surface area contributed by atoms with Crippen molar-refractivity contribution in [2.45, 2.75) is 61.1 Å². The van der Waals surface area contributed by atoms with Crippen LogP contribution in [0.15, 0.2) is 77.3 Å². The number of hydrogen-bond donors (Lipinski definition) is 0. The standard InChI is InChI=1S/C34H37NO/c1-21-18-23(32(33(3,4)5)34(6,7)8)16-17-24(21)28-19-29(35-20-22(28)2)27-14-11-13-26-25-12-9-10-15-30(25)36-31(26)27/h9-20,32H,1-8H3/i1D3,2D3,32D. The molecule has 5 rings (SSSR count). The second-order valence-electron chi connectivity index (χ2n) is 11.5. The summed E-state index contributed by atoms with van der Waals surface area (Å²) in [4.78, 5) is 4.54. The number of aromatic nitrogens is 1. The molecule has 2 aromatic heterocycles. The normalized spacial score (nSPS) is 16.6. The van der Waals surface area contributed by atoms with E-state index in [2.05, 4.69) is 4.98 Å². The van der Waals surface area contributed by atoms with Crippen LogP contribution in [0.4, 0.5) is 0 Å². The second kappa shape index (κ2) is 8.62. The largest absolute Gasteiger partial charge is 0.455 e. The van der Waals surface area contributed by atoms with Crippen LogP contribution in [-0.4, -0.2) is 4.98 Å². The van der Waals surface area contributed by atoms with Crippen LogP contribution in [0.25, 0.3) is 44.3 Å². The molecule has 184 valence electrons. The van der Waals surface area contributed by atoms with Crippen molar-refractivity contribution < 1.29 is 14.0 Å². The fourth-order valence-electron chi connectivity index (χ4n) is 5.70. The van der Waals surface area contributed by atoms with Crippen LogP contribution in [0.3, 0.4) is 0 Å². The number of aryl methyl sites for hydroxylation is 2. The van der Waals surface area contributed by atoms with Gasteiger partial charge in [-0.25, -0.2) is 0 Å². The fourth-order valence-corrected chi connectivity index (χ4v) is 5.70. The smallest absolute Gasteiger partial charge is 0.144 e. The predicted molar refractivity (Wildman–Crippen MR) is 154 cm³/mol. The Kier molecular flexibility index (Phi) is 4.10. The van der Waals surface area contributed by atoms with Crippen molar-refractivity contribution in [2.24, 2.45) is 10.8 Å². The number of nitrogens with zero attached hydrogens (tertiary/aromatic N) is 1. The Morgan fingerprint density at radius 3 is 2.19 bits per heavy atom. The Hall–Kier alpha value is -3.39. The zero-order valence-corrected chi connectivity index (χ0v) is 21.8. The van der Waals surface area contributed by atoms with Crippen LogP contribution in [-0.2, 0) is 0 Å². The van der Waals surface area contributed by atoms with E-state index in [-0.39, 0.29) is 22.3 Å². The summed E-state index contributed by atoms with van der Waals surface area (Å²) in [5, 5.41) is 1.86. The van der Waals surface area contributed by atoms with Gasteiger partial charge in [-0.1, -0.05) is 90.1 Å². The summed E-state index contributed by atoms with van der Waals surface area (Å²) in [7, 11) is 0. The van der Waals surface area contributed by atoms with E-state index in [9.17, 15) is 1.37 Å². The molecule has 0 aliphatic rings. The molecule has 0 fully saturated rings. The molecule has 0 saturated carbocycles. The van der Waals surface area contributed by atoms with Crippen molar-refractivity contribution in [1.82, 2.24) is 4.98 Å². The first-order chi connectivity index (χ1) is 19.7. The minimum Gasteiger partial charge on any atom is -0.455 e. The van der Waals surface area contributed by atoms with Crippen molar-refractivity contribution >= 4 is 21.9 Å². The molecule has 0 amide bonds. The van der Waals surface area contributed by atoms with Gasteiger partial charge in [0.05, 0.1) is 5.69 Å². The highest BCUT2D eigenvalue weighted by molar-refractivity contribution is 6.09. The lowest BCUT2D eigenvalue weighted by molar-refractivity contribution is 0.176. The molecule has 0 unspecified atom stereocenters. The number of furan rings is 1. The second-order valence-corrected chi connectivity index (χ2v) is 11.5. The summed E-state index contributed by atoms with van der Waals surface area (Å²) in [5.74, 6) is -1.15. The zero-order valence-electron chi connectivity index (χ0n) is 28.8. The molecular weight excluding hydrogens is 438 g/mol. The molecule has 0 saturated heterocycles. The molecule has 0 radical (unpaired) electrons. The lowest BCUT2D eigenvalue weighted by Crippen LogP contribution is -2.30. The number of para-hydroxylation sites is 2. The van der Waals surface area contributed by atoms with Gasteiger partial charge in [0, 0.05) is 32.1 Å². The van der Waals surface area contributed by atoms with Gasteiger partial charge in [-0.05, 0) is 76.4 Å². The third-order valence-corrected chi connectivity index (χ3v) is 6.68. The first kappa shape index (κ1) is 17.1. The molecule has 5 aromatic rings. The molecule has 2 nitrogen and oxygen atoms in total. The molecule has 0 atom stereocenters. The molecular formula is C34H37NO. The Morgan fingerprint density at radius 2 is 1.47 bits per heavy atom. The van der Waals surface area contributed by atoms with E-state index in [0.717, 1.165) is 16.4 Å². The van der Waals surface area contributed by atoms with E-state index in [4.69, 9.17) is 12.6 Å². The fraction of sp³-hybridized carbons (Fsp3) is 0.324. The van der Waals surface area contributed by atoms with Gasteiger partial charge in [-0.15, -0.1) is 0 Å². The van der Waals surface area contributed by atoms with Gasteiger partial charge in [0.25, 0.3) is 0 Å². The van der Waals surface area contributed by atoms with E-state index >= 15 is 0 Å².